The van der Waals surface area contributed by atoms with E-state index in [1.54, 1.807) is 23.7 Å². The van der Waals surface area contributed by atoms with Crippen LogP contribution in [0.1, 0.15) is 6.42 Å². The number of hydrogen-bond acceptors (Lipinski definition) is 8. The summed E-state index contributed by atoms with van der Waals surface area (Å²) in [6.07, 6.45) is 4.24. The van der Waals surface area contributed by atoms with Crippen molar-refractivity contribution < 1.29 is 9.84 Å². The lowest BCUT2D eigenvalue weighted by molar-refractivity contribution is 0.238. The fraction of sp³-hybridized carbons (Fsp3) is 0.227. The minimum absolute atomic E-state index is 0.191. The summed E-state index contributed by atoms with van der Waals surface area (Å²) < 4.78 is 7.18. The standard InChI is InChI=1S/C22H21N5O2S/c28-14-15-9-12-27(13-15)20-21(24-11-10-23-20)29-17-7-5-16(6-8-17)25-22-26-18-3-1-2-4-19(18)30-22/h1-8,10-11,15,28H,9,12-14H2,(H,25,26)/t15-/m1/s1. The van der Waals surface area contributed by atoms with Gasteiger partial charge in [0.1, 0.15) is 5.75 Å². The Morgan fingerprint density at radius 2 is 1.93 bits per heavy atom. The topological polar surface area (TPSA) is 83.4 Å². The van der Waals surface area contributed by atoms with Crippen LogP contribution >= 0.6 is 11.3 Å². The summed E-state index contributed by atoms with van der Waals surface area (Å²) in [5.41, 5.74) is 1.93. The van der Waals surface area contributed by atoms with Crippen molar-refractivity contribution in [3.05, 3.63) is 60.9 Å². The highest BCUT2D eigenvalue weighted by molar-refractivity contribution is 7.22. The van der Waals surface area contributed by atoms with Gasteiger partial charge in [-0.1, -0.05) is 23.5 Å². The van der Waals surface area contributed by atoms with Gasteiger partial charge >= 0.3 is 0 Å². The van der Waals surface area contributed by atoms with Crippen LogP contribution in [-0.4, -0.2) is 39.8 Å². The van der Waals surface area contributed by atoms with Crippen molar-refractivity contribution in [3.8, 4) is 11.6 Å². The van der Waals surface area contributed by atoms with Gasteiger partial charge in [-0.2, -0.15) is 0 Å². The molecular formula is C22H21N5O2S. The van der Waals surface area contributed by atoms with E-state index in [1.807, 2.05) is 42.5 Å². The number of fused-ring (bicyclic) bond motifs is 1. The molecule has 0 amide bonds. The summed E-state index contributed by atoms with van der Waals surface area (Å²) in [6.45, 7) is 1.79. The second-order valence-corrected chi connectivity index (χ2v) is 8.24. The van der Waals surface area contributed by atoms with Crippen molar-refractivity contribution in [2.75, 3.05) is 29.9 Å². The Bertz CT molecular complexity index is 1110. The molecule has 1 atom stereocenters. The summed E-state index contributed by atoms with van der Waals surface area (Å²) in [7, 11) is 0. The summed E-state index contributed by atoms with van der Waals surface area (Å²) in [6, 6.07) is 15.8. The summed E-state index contributed by atoms with van der Waals surface area (Å²) in [5, 5.41) is 13.6. The normalized spacial score (nSPS) is 16.2. The van der Waals surface area contributed by atoms with Crippen molar-refractivity contribution in [3.63, 3.8) is 0 Å². The van der Waals surface area contributed by atoms with Crippen LogP contribution in [0.4, 0.5) is 16.6 Å². The first-order valence-corrected chi connectivity index (χ1v) is 10.7. The maximum absolute atomic E-state index is 9.40. The molecule has 1 fully saturated rings. The zero-order valence-corrected chi connectivity index (χ0v) is 17.0. The molecule has 2 N–H and O–H groups in total. The van der Waals surface area contributed by atoms with E-state index in [2.05, 4.69) is 31.2 Å². The van der Waals surface area contributed by atoms with Gasteiger partial charge in [-0.05, 0) is 42.8 Å². The van der Waals surface area contributed by atoms with Crippen LogP contribution in [0.25, 0.3) is 10.2 Å². The van der Waals surface area contributed by atoms with Gasteiger partial charge in [0, 0.05) is 43.7 Å². The molecule has 1 saturated heterocycles. The van der Waals surface area contributed by atoms with Crippen molar-refractivity contribution in [1.29, 1.82) is 0 Å². The first-order valence-electron chi connectivity index (χ1n) is 9.86. The van der Waals surface area contributed by atoms with Crippen LogP contribution in [0, 0.1) is 5.92 Å². The second-order valence-electron chi connectivity index (χ2n) is 7.21. The highest BCUT2D eigenvalue weighted by Gasteiger charge is 2.25. The summed E-state index contributed by atoms with van der Waals surface area (Å²) in [5.74, 6) is 2.14. The number of para-hydroxylation sites is 1. The van der Waals surface area contributed by atoms with Crippen LogP contribution in [0.3, 0.4) is 0 Å². The number of aromatic nitrogens is 3. The van der Waals surface area contributed by atoms with Crippen LogP contribution in [0.15, 0.2) is 60.9 Å². The van der Waals surface area contributed by atoms with E-state index in [-0.39, 0.29) is 12.5 Å². The van der Waals surface area contributed by atoms with E-state index in [9.17, 15) is 5.11 Å². The predicted octanol–water partition coefficient (Wildman–Crippen LogP) is 4.44. The average molecular weight is 420 g/mol. The van der Waals surface area contributed by atoms with Crippen molar-refractivity contribution in [2.45, 2.75) is 6.42 Å². The molecule has 30 heavy (non-hydrogen) atoms. The van der Waals surface area contributed by atoms with Crippen molar-refractivity contribution in [2.24, 2.45) is 5.92 Å². The molecule has 1 aliphatic rings. The van der Waals surface area contributed by atoms with E-state index >= 15 is 0 Å². The molecule has 152 valence electrons. The number of rotatable bonds is 6. The lowest BCUT2D eigenvalue weighted by Crippen LogP contribution is -2.22. The van der Waals surface area contributed by atoms with Crippen molar-refractivity contribution in [1.82, 2.24) is 15.0 Å². The SMILES string of the molecule is OC[C@@H]1CCN(c2nccnc2Oc2ccc(Nc3nc4ccccc4s3)cc2)C1. The Labute approximate surface area is 178 Å². The fourth-order valence-corrected chi connectivity index (χ4v) is 4.43. The number of ether oxygens (including phenoxy) is 1. The van der Waals surface area contributed by atoms with Crippen LogP contribution in [0.2, 0.25) is 0 Å². The number of anilines is 3. The van der Waals surface area contributed by atoms with E-state index in [4.69, 9.17) is 4.74 Å². The van der Waals surface area contributed by atoms with Gasteiger partial charge in [-0.3, -0.25) is 0 Å². The monoisotopic (exact) mass is 419 g/mol. The third-order valence-corrected chi connectivity index (χ3v) is 6.06. The number of nitrogens with one attached hydrogen (secondary N) is 1. The summed E-state index contributed by atoms with van der Waals surface area (Å²) in [4.78, 5) is 15.5. The number of thiazole rings is 1. The lowest BCUT2D eigenvalue weighted by atomic mass is 10.1. The Hall–Kier alpha value is -3.23. The van der Waals surface area contributed by atoms with Crippen LogP contribution in [0.5, 0.6) is 11.6 Å². The Kier molecular flexibility index (Phi) is 5.17. The Morgan fingerprint density at radius 3 is 2.73 bits per heavy atom. The maximum atomic E-state index is 9.40. The molecule has 0 bridgehead atoms. The van der Waals surface area contributed by atoms with Gasteiger partial charge in [0.2, 0.25) is 0 Å². The molecule has 5 rings (SSSR count). The minimum atomic E-state index is 0.191. The molecule has 2 aromatic carbocycles. The highest BCUT2D eigenvalue weighted by atomic mass is 32.1. The molecule has 3 heterocycles. The Balaban J connectivity index is 1.30. The van der Waals surface area contributed by atoms with Crippen LogP contribution < -0.4 is 15.0 Å². The second kappa shape index (κ2) is 8.25. The maximum Gasteiger partial charge on any atom is 0.263 e. The van der Waals surface area contributed by atoms with Gasteiger partial charge in [0.15, 0.2) is 10.9 Å². The first kappa shape index (κ1) is 18.8. The van der Waals surface area contributed by atoms with Gasteiger partial charge in [0.25, 0.3) is 5.88 Å². The lowest BCUT2D eigenvalue weighted by Gasteiger charge is -2.19. The van der Waals surface area contributed by atoms with E-state index in [1.165, 1.54) is 0 Å². The molecule has 0 spiro atoms. The summed E-state index contributed by atoms with van der Waals surface area (Å²) >= 11 is 1.62. The van der Waals surface area contributed by atoms with Gasteiger partial charge in [0.05, 0.1) is 10.2 Å². The highest BCUT2D eigenvalue weighted by Crippen LogP contribution is 2.33. The molecule has 1 aliphatic heterocycles. The number of hydrogen-bond donors (Lipinski definition) is 2. The zero-order valence-electron chi connectivity index (χ0n) is 16.2. The molecule has 7 nitrogen and oxygen atoms in total. The molecular weight excluding hydrogens is 398 g/mol. The quantitative estimate of drug-likeness (QED) is 0.478. The van der Waals surface area contributed by atoms with Gasteiger partial charge in [-0.15, -0.1) is 0 Å². The number of benzene rings is 2. The first-order chi connectivity index (χ1) is 14.8. The zero-order chi connectivity index (χ0) is 20.3. The van der Waals surface area contributed by atoms with Crippen LogP contribution in [-0.2, 0) is 0 Å². The molecule has 8 heteroatoms. The van der Waals surface area contributed by atoms with Crippen molar-refractivity contribution >= 4 is 38.2 Å². The molecule has 0 radical (unpaired) electrons. The Morgan fingerprint density at radius 1 is 1.10 bits per heavy atom. The molecule has 0 aliphatic carbocycles. The average Bonchev–Trinajstić information content (AvgIpc) is 3.42. The number of aliphatic hydroxyl groups is 1. The smallest absolute Gasteiger partial charge is 0.263 e. The van der Waals surface area contributed by atoms with E-state index < -0.39 is 0 Å². The number of nitrogens with zero attached hydrogens (tertiary/aromatic N) is 4. The third kappa shape index (κ3) is 3.92. The third-order valence-electron chi connectivity index (χ3n) is 5.10. The van der Waals surface area contributed by atoms with E-state index in [0.717, 1.165) is 40.5 Å². The van der Waals surface area contributed by atoms with E-state index in [0.29, 0.717) is 17.4 Å². The van der Waals surface area contributed by atoms with Gasteiger partial charge in [-0.25, -0.2) is 15.0 Å². The molecule has 2 aromatic heterocycles. The predicted molar refractivity (Wildman–Crippen MR) is 119 cm³/mol. The fourth-order valence-electron chi connectivity index (χ4n) is 3.55. The molecule has 4 aromatic rings. The number of aliphatic hydroxyl groups excluding tert-OH is 1. The molecule has 0 unspecified atom stereocenters. The minimum Gasteiger partial charge on any atom is -0.436 e. The molecule has 0 saturated carbocycles. The van der Waals surface area contributed by atoms with Gasteiger partial charge < -0.3 is 20.1 Å². The largest absolute Gasteiger partial charge is 0.436 e.